The standard InChI is InChI=1S/C13H18BrNS/c14-13-3-1-11(2-4-13)9-16-10-12-5-7-15-8-6-12/h1-4,12,15H,5-10H2. The van der Waals surface area contributed by atoms with Crippen molar-refractivity contribution in [3.63, 3.8) is 0 Å². The predicted molar refractivity (Wildman–Crippen MR) is 75.9 cm³/mol. The van der Waals surface area contributed by atoms with Crippen molar-refractivity contribution in [3.05, 3.63) is 34.3 Å². The molecular formula is C13H18BrNS. The van der Waals surface area contributed by atoms with Gasteiger partial charge in [-0.1, -0.05) is 28.1 Å². The molecule has 0 spiro atoms. The Morgan fingerprint density at radius 3 is 2.56 bits per heavy atom. The lowest BCUT2D eigenvalue weighted by molar-refractivity contribution is 0.408. The van der Waals surface area contributed by atoms with Crippen LogP contribution in [0.5, 0.6) is 0 Å². The Labute approximate surface area is 111 Å². The molecule has 3 heteroatoms. The Balaban J connectivity index is 1.69. The summed E-state index contributed by atoms with van der Waals surface area (Å²) in [5.74, 6) is 3.40. The lowest BCUT2D eigenvalue weighted by Crippen LogP contribution is -2.28. The summed E-state index contributed by atoms with van der Waals surface area (Å²) in [5, 5.41) is 3.41. The summed E-state index contributed by atoms with van der Waals surface area (Å²) in [6, 6.07) is 8.67. The third-order valence-electron chi connectivity index (χ3n) is 2.99. The van der Waals surface area contributed by atoms with Crippen molar-refractivity contribution in [3.8, 4) is 0 Å². The molecule has 0 radical (unpaired) electrons. The maximum absolute atomic E-state index is 3.46. The van der Waals surface area contributed by atoms with Gasteiger partial charge in [0.15, 0.2) is 0 Å². The average molecular weight is 300 g/mol. The molecule has 0 saturated carbocycles. The quantitative estimate of drug-likeness (QED) is 0.910. The smallest absolute Gasteiger partial charge is 0.0184 e. The minimum atomic E-state index is 0.932. The third kappa shape index (κ3) is 4.11. The van der Waals surface area contributed by atoms with E-state index in [4.69, 9.17) is 0 Å². The van der Waals surface area contributed by atoms with E-state index in [1.807, 2.05) is 0 Å². The molecule has 0 aliphatic carbocycles. The molecular weight excluding hydrogens is 282 g/mol. The molecule has 1 nitrogen and oxygen atoms in total. The SMILES string of the molecule is Brc1ccc(CSCC2CCNCC2)cc1. The van der Waals surface area contributed by atoms with Crippen molar-refractivity contribution in [2.24, 2.45) is 5.92 Å². The molecule has 0 atom stereocenters. The van der Waals surface area contributed by atoms with E-state index in [0.717, 1.165) is 11.7 Å². The Hall–Kier alpha value is 0.01000. The summed E-state index contributed by atoms with van der Waals surface area (Å²) in [4.78, 5) is 0. The number of piperidine rings is 1. The van der Waals surface area contributed by atoms with E-state index >= 15 is 0 Å². The molecule has 1 aromatic rings. The van der Waals surface area contributed by atoms with Crippen LogP contribution in [0, 0.1) is 5.92 Å². The van der Waals surface area contributed by atoms with Gasteiger partial charge in [-0.15, -0.1) is 0 Å². The summed E-state index contributed by atoms with van der Waals surface area (Å²) in [6.07, 6.45) is 2.71. The summed E-state index contributed by atoms with van der Waals surface area (Å²) in [7, 11) is 0. The number of hydrogen-bond acceptors (Lipinski definition) is 2. The fourth-order valence-electron chi connectivity index (χ4n) is 1.97. The van der Waals surface area contributed by atoms with Crippen LogP contribution in [-0.4, -0.2) is 18.8 Å². The predicted octanol–water partition coefficient (Wildman–Crippen LogP) is 3.68. The van der Waals surface area contributed by atoms with Gasteiger partial charge in [-0.05, 0) is 55.3 Å². The second kappa shape index (κ2) is 6.67. The monoisotopic (exact) mass is 299 g/mol. The van der Waals surface area contributed by atoms with Crippen LogP contribution in [0.2, 0.25) is 0 Å². The van der Waals surface area contributed by atoms with E-state index in [1.54, 1.807) is 0 Å². The molecule has 1 aliphatic heterocycles. The molecule has 1 aliphatic rings. The Morgan fingerprint density at radius 1 is 1.19 bits per heavy atom. The number of thioether (sulfide) groups is 1. The molecule has 1 fully saturated rings. The Kier molecular flexibility index (Phi) is 5.20. The van der Waals surface area contributed by atoms with Gasteiger partial charge < -0.3 is 5.32 Å². The molecule has 2 rings (SSSR count). The third-order valence-corrected chi connectivity index (χ3v) is 4.77. The first-order valence-electron chi connectivity index (χ1n) is 5.87. The van der Waals surface area contributed by atoms with Crippen LogP contribution in [0.3, 0.4) is 0 Å². The lowest BCUT2D eigenvalue weighted by atomic mass is 10.0. The van der Waals surface area contributed by atoms with E-state index in [-0.39, 0.29) is 0 Å². The highest BCUT2D eigenvalue weighted by molar-refractivity contribution is 9.10. The van der Waals surface area contributed by atoms with Crippen molar-refractivity contribution < 1.29 is 0 Å². The number of hydrogen-bond donors (Lipinski definition) is 1. The van der Waals surface area contributed by atoms with Gasteiger partial charge in [0.05, 0.1) is 0 Å². The topological polar surface area (TPSA) is 12.0 Å². The first kappa shape index (κ1) is 12.5. The van der Waals surface area contributed by atoms with Gasteiger partial charge >= 0.3 is 0 Å². The van der Waals surface area contributed by atoms with Gasteiger partial charge in [0.1, 0.15) is 0 Å². The maximum Gasteiger partial charge on any atom is 0.0184 e. The maximum atomic E-state index is 3.46. The summed E-state index contributed by atoms with van der Waals surface area (Å²) >= 11 is 5.54. The summed E-state index contributed by atoms with van der Waals surface area (Å²) in [5.41, 5.74) is 1.43. The van der Waals surface area contributed by atoms with E-state index < -0.39 is 0 Å². The molecule has 1 aromatic carbocycles. The second-order valence-electron chi connectivity index (χ2n) is 4.33. The van der Waals surface area contributed by atoms with Crippen molar-refractivity contribution in [1.82, 2.24) is 5.32 Å². The fraction of sp³-hybridized carbons (Fsp3) is 0.538. The van der Waals surface area contributed by atoms with E-state index in [0.29, 0.717) is 0 Å². The Morgan fingerprint density at radius 2 is 1.88 bits per heavy atom. The second-order valence-corrected chi connectivity index (χ2v) is 6.28. The zero-order valence-corrected chi connectivity index (χ0v) is 11.8. The average Bonchev–Trinajstić information content (AvgIpc) is 2.33. The van der Waals surface area contributed by atoms with Crippen molar-refractivity contribution in [2.45, 2.75) is 18.6 Å². The van der Waals surface area contributed by atoms with E-state index in [2.05, 4.69) is 57.3 Å². The number of nitrogens with one attached hydrogen (secondary N) is 1. The highest BCUT2D eigenvalue weighted by Crippen LogP contribution is 2.21. The van der Waals surface area contributed by atoms with Crippen molar-refractivity contribution in [2.75, 3.05) is 18.8 Å². The van der Waals surface area contributed by atoms with Gasteiger partial charge in [0.25, 0.3) is 0 Å². The largest absolute Gasteiger partial charge is 0.317 e. The zero-order valence-electron chi connectivity index (χ0n) is 9.42. The van der Waals surface area contributed by atoms with Gasteiger partial charge in [-0.25, -0.2) is 0 Å². The van der Waals surface area contributed by atoms with Crippen LogP contribution in [0.15, 0.2) is 28.7 Å². The van der Waals surface area contributed by atoms with Crippen LogP contribution in [0.1, 0.15) is 18.4 Å². The molecule has 16 heavy (non-hydrogen) atoms. The molecule has 0 aromatic heterocycles. The highest BCUT2D eigenvalue weighted by atomic mass is 79.9. The van der Waals surface area contributed by atoms with Crippen LogP contribution in [0.4, 0.5) is 0 Å². The van der Waals surface area contributed by atoms with Gasteiger partial charge in [-0.3, -0.25) is 0 Å². The minimum Gasteiger partial charge on any atom is -0.317 e. The molecule has 0 amide bonds. The molecule has 0 bridgehead atoms. The lowest BCUT2D eigenvalue weighted by Gasteiger charge is -2.22. The van der Waals surface area contributed by atoms with Crippen LogP contribution in [-0.2, 0) is 5.75 Å². The summed E-state index contributed by atoms with van der Waals surface area (Å²) < 4.78 is 1.17. The molecule has 1 saturated heterocycles. The molecule has 0 unspecified atom stereocenters. The summed E-state index contributed by atoms with van der Waals surface area (Å²) in [6.45, 7) is 2.42. The zero-order chi connectivity index (χ0) is 11.2. The minimum absolute atomic E-state index is 0.932. The molecule has 1 heterocycles. The molecule has 1 N–H and O–H groups in total. The van der Waals surface area contributed by atoms with Gasteiger partial charge in [0, 0.05) is 10.2 Å². The normalized spacial score (nSPS) is 17.6. The number of rotatable bonds is 4. The van der Waals surface area contributed by atoms with Gasteiger partial charge in [-0.2, -0.15) is 11.8 Å². The first-order chi connectivity index (χ1) is 7.84. The van der Waals surface area contributed by atoms with Gasteiger partial charge in [0.2, 0.25) is 0 Å². The van der Waals surface area contributed by atoms with Crippen molar-refractivity contribution in [1.29, 1.82) is 0 Å². The Bertz CT molecular complexity index is 306. The van der Waals surface area contributed by atoms with E-state index in [9.17, 15) is 0 Å². The number of halogens is 1. The van der Waals surface area contributed by atoms with Crippen LogP contribution >= 0.6 is 27.7 Å². The van der Waals surface area contributed by atoms with Crippen LogP contribution in [0.25, 0.3) is 0 Å². The first-order valence-corrected chi connectivity index (χ1v) is 7.82. The highest BCUT2D eigenvalue weighted by Gasteiger charge is 2.12. The van der Waals surface area contributed by atoms with E-state index in [1.165, 1.54) is 41.7 Å². The molecule has 88 valence electrons. The fourth-order valence-corrected chi connectivity index (χ4v) is 3.45. The van der Waals surface area contributed by atoms with Crippen LogP contribution < -0.4 is 5.32 Å². The number of benzene rings is 1. The van der Waals surface area contributed by atoms with Crippen molar-refractivity contribution >= 4 is 27.7 Å².